The SMILES string of the molecule is C[C@@H](Cl)c1ccc(OC(F)F)cc1. The van der Waals surface area contributed by atoms with Gasteiger partial charge in [0.25, 0.3) is 0 Å². The maximum Gasteiger partial charge on any atom is 0.387 e. The van der Waals surface area contributed by atoms with Crippen LogP contribution in [0, 0.1) is 0 Å². The smallest absolute Gasteiger partial charge is 0.387 e. The lowest BCUT2D eigenvalue weighted by Gasteiger charge is -2.06. The Labute approximate surface area is 80.3 Å². The molecule has 1 aromatic carbocycles. The van der Waals surface area contributed by atoms with Crippen LogP contribution < -0.4 is 4.74 Å². The van der Waals surface area contributed by atoms with Crippen LogP contribution in [0.3, 0.4) is 0 Å². The second-order valence-electron chi connectivity index (χ2n) is 2.56. The average molecular weight is 207 g/mol. The van der Waals surface area contributed by atoms with Gasteiger partial charge in [-0.3, -0.25) is 0 Å². The van der Waals surface area contributed by atoms with Crippen LogP contribution in [-0.4, -0.2) is 6.61 Å². The Bertz CT molecular complexity index is 259. The number of alkyl halides is 3. The summed E-state index contributed by atoms with van der Waals surface area (Å²) in [5, 5.41) is -0.124. The van der Waals surface area contributed by atoms with Crippen LogP contribution in [0.25, 0.3) is 0 Å². The van der Waals surface area contributed by atoms with E-state index in [4.69, 9.17) is 11.6 Å². The maximum absolute atomic E-state index is 11.7. The molecule has 0 aromatic heterocycles. The molecular weight excluding hydrogens is 198 g/mol. The van der Waals surface area contributed by atoms with Crippen molar-refractivity contribution in [1.29, 1.82) is 0 Å². The zero-order chi connectivity index (χ0) is 9.84. The molecule has 4 heteroatoms. The van der Waals surface area contributed by atoms with Crippen molar-refractivity contribution in [2.75, 3.05) is 0 Å². The van der Waals surface area contributed by atoms with Gasteiger partial charge >= 0.3 is 6.61 Å². The molecule has 13 heavy (non-hydrogen) atoms. The van der Waals surface area contributed by atoms with Crippen molar-refractivity contribution >= 4 is 11.6 Å². The number of hydrogen-bond acceptors (Lipinski definition) is 1. The third-order valence-corrected chi connectivity index (χ3v) is 1.82. The second kappa shape index (κ2) is 4.42. The topological polar surface area (TPSA) is 9.23 Å². The summed E-state index contributed by atoms with van der Waals surface area (Å²) in [6.07, 6.45) is 0. The van der Waals surface area contributed by atoms with Crippen molar-refractivity contribution in [1.82, 2.24) is 0 Å². The van der Waals surface area contributed by atoms with Gasteiger partial charge in [-0.1, -0.05) is 12.1 Å². The van der Waals surface area contributed by atoms with Gasteiger partial charge in [0.1, 0.15) is 5.75 Å². The van der Waals surface area contributed by atoms with E-state index in [2.05, 4.69) is 4.74 Å². The Morgan fingerprint density at radius 3 is 2.15 bits per heavy atom. The largest absolute Gasteiger partial charge is 0.435 e. The summed E-state index contributed by atoms with van der Waals surface area (Å²) in [5.74, 6) is 0.149. The molecule has 0 N–H and O–H groups in total. The van der Waals surface area contributed by atoms with Crippen molar-refractivity contribution in [2.24, 2.45) is 0 Å². The Hall–Kier alpha value is -0.830. The molecule has 0 fully saturated rings. The van der Waals surface area contributed by atoms with Gasteiger partial charge in [-0.25, -0.2) is 0 Å². The minimum Gasteiger partial charge on any atom is -0.435 e. The summed E-state index contributed by atoms with van der Waals surface area (Å²) >= 11 is 5.77. The van der Waals surface area contributed by atoms with E-state index in [-0.39, 0.29) is 11.1 Å². The van der Waals surface area contributed by atoms with Crippen LogP contribution in [0.5, 0.6) is 5.75 Å². The van der Waals surface area contributed by atoms with Crippen LogP contribution in [-0.2, 0) is 0 Å². The summed E-state index contributed by atoms with van der Waals surface area (Å²) < 4.78 is 27.6. The molecule has 0 aliphatic rings. The summed E-state index contributed by atoms with van der Waals surface area (Å²) in [6.45, 7) is -0.968. The third-order valence-electron chi connectivity index (χ3n) is 1.56. The van der Waals surface area contributed by atoms with E-state index < -0.39 is 6.61 Å². The van der Waals surface area contributed by atoms with Crippen molar-refractivity contribution in [3.05, 3.63) is 29.8 Å². The molecule has 1 atom stereocenters. The van der Waals surface area contributed by atoms with Gasteiger partial charge in [-0.2, -0.15) is 8.78 Å². The number of halogens is 3. The first kappa shape index (κ1) is 10.3. The Morgan fingerprint density at radius 2 is 1.77 bits per heavy atom. The second-order valence-corrected chi connectivity index (χ2v) is 3.22. The third kappa shape index (κ3) is 3.19. The molecule has 0 unspecified atom stereocenters. The van der Waals surface area contributed by atoms with Gasteiger partial charge < -0.3 is 4.74 Å². The van der Waals surface area contributed by atoms with E-state index in [1.807, 2.05) is 6.92 Å². The summed E-state index contributed by atoms with van der Waals surface area (Å²) in [6, 6.07) is 6.27. The maximum atomic E-state index is 11.7. The highest BCUT2D eigenvalue weighted by Gasteiger charge is 2.05. The molecule has 72 valence electrons. The summed E-state index contributed by atoms with van der Waals surface area (Å²) in [7, 11) is 0. The molecular formula is C9H9ClF2O. The fourth-order valence-corrected chi connectivity index (χ4v) is 1.06. The van der Waals surface area contributed by atoms with Crippen molar-refractivity contribution < 1.29 is 13.5 Å². The lowest BCUT2D eigenvalue weighted by Crippen LogP contribution is -2.01. The van der Waals surface area contributed by atoms with Gasteiger partial charge in [0, 0.05) is 0 Å². The quantitative estimate of drug-likeness (QED) is 0.687. The van der Waals surface area contributed by atoms with Gasteiger partial charge in [-0.15, -0.1) is 11.6 Å². The summed E-state index contributed by atoms with van der Waals surface area (Å²) in [5.41, 5.74) is 0.878. The Balaban J connectivity index is 2.70. The molecule has 0 aliphatic heterocycles. The van der Waals surface area contributed by atoms with E-state index in [1.54, 1.807) is 12.1 Å². The molecule has 0 amide bonds. The van der Waals surface area contributed by atoms with E-state index in [9.17, 15) is 8.78 Å². The highest BCUT2D eigenvalue weighted by atomic mass is 35.5. The van der Waals surface area contributed by atoms with E-state index >= 15 is 0 Å². The highest BCUT2D eigenvalue weighted by molar-refractivity contribution is 6.20. The Kier molecular flexibility index (Phi) is 3.48. The van der Waals surface area contributed by atoms with Crippen LogP contribution in [0.4, 0.5) is 8.78 Å². The normalized spacial score (nSPS) is 13.0. The van der Waals surface area contributed by atoms with E-state index in [0.717, 1.165) is 5.56 Å². The monoisotopic (exact) mass is 206 g/mol. The minimum absolute atomic E-state index is 0.124. The predicted molar refractivity (Wildman–Crippen MR) is 47.3 cm³/mol. The van der Waals surface area contributed by atoms with Crippen LogP contribution in [0.1, 0.15) is 17.9 Å². The van der Waals surface area contributed by atoms with Crippen LogP contribution in [0.15, 0.2) is 24.3 Å². The summed E-state index contributed by atoms with van der Waals surface area (Å²) in [4.78, 5) is 0. The first-order valence-corrected chi connectivity index (χ1v) is 4.22. The molecule has 0 saturated carbocycles. The van der Waals surface area contributed by atoms with Gasteiger partial charge in [-0.05, 0) is 24.6 Å². The van der Waals surface area contributed by atoms with Crippen molar-refractivity contribution in [3.8, 4) is 5.75 Å². The molecule has 0 aliphatic carbocycles. The number of rotatable bonds is 3. The number of hydrogen-bond donors (Lipinski definition) is 0. The lowest BCUT2D eigenvalue weighted by molar-refractivity contribution is -0.0498. The fourth-order valence-electron chi connectivity index (χ4n) is 0.914. The van der Waals surface area contributed by atoms with Gasteiger partial charge in [0.15, 0.2) is 0 Å². The van der Waals surface area contributed by atoms with E-state index in [1.165, 1.54) is 12.1 Å². The molecule has 0 heterocycles. The van der Waals surface area contributed by atoms with Crippen LogP contribution in [0.2, 0.25) is 0 Å². The Morgan fingerprint density at radius 1 is 1.23 bits per heavy atom. The van der Waals surface area contributed by atoms with Crippen molar-refractivity contribution in [2.45, 2.75) is 18.9 Å². The minimum atomic E-state index is -2.78. The number of benzene rings is 1. The molecule has 0 radical (unpaired) electrons. The van der Waals surface area contributed by atoms with Gasteiger partial charge in [0.2, 0.25) is 0 Å². The molecule has 1 aromatic rings. The lowest BCUT2D eigenvalue weighted by atomic mass is 10.2. The molecule has 0 spiro atoms. The zero-order valence-corrected chi connectivity index (χ0v) is 7.76. The highest BCUT2D eigenvalue weighted by Crippen LogP contribution is 2.22. The first-order valence-electron chi connectivity index (χ1n) is 3.78. The molecule has 0 saturated heterocycles. The molecule has 1 nitrogen and oxygen atoms in total. The van der Waals surface area contributed by atoms with Crippen LogP contribution >= 0.6 is 11.6 Å². The molecule has 1 rings (SSSR count). The van der Waals surface area contributed by atoms with Gasteiger partial charge in [0.05, 0.1) is 5.38 Å². The fraction of sp³-hybridized carbons (Fsp3) is 0.333. The number of ether oxygens (including phenoxy) is 1. The van der Waals surface area contributed by atoms with Crippen molar-refractivity contribution in [3.63, 3.8) is 0 Å². The predicted octanol–water partition coefficient (Wildman–Crippen LogP) is 3.59. The molecule has 0 bridgehead atoms. The standard InChI is InChI=1S/C9H9ClF2O/c1-6(10)7-2-4-8(5-3-7)13-9(11)12/h2-6,9H,1H3/t6-/m1/s1. The average Bonchev–Trinajstić information content (AvgIpc) is 2.04. The zero-order valence-electron chi connectivity index (χ0n) is 7.01. The van der Waals surface area contributed by atoms with E-state index in [0.29, 0.717) is 0 Å². The first-order chi connectivity index (χ1) is 6.09.